The Morgan fingerprint density at radius 1 is 0.711 bits per heavy atom. The molecule has 2 N–H and O–H groups in total. The van der Waals surface area contributed by atoms with Gasteiger partial charge in [0.05, 0.1) is 40.8 Å². The van der Waals surface area contributed by atoms with Gasteiger partial charge in [0.15, 0.2) is 0 Å². The summed E-state index contributed by atoms with van der Waals surface area (Å²) in [5, 5.41) is 16.7. The average molecular weight is 539 g/mol. The summed E-state index contributed by atoms with van der Waals surface area (Å²) >= 11 is 0. The molecule has 12 nitrogen and oxygen atoms in total. The van der Waals surface area contributed by atoms with Crippen molar-refractivity contribution in [2.75, 3.05) is 28.4 Å². The Hall–Kier alpha value is -4.74. The van der Waals surface area contributed by atoms with Crippen LogP contribution in [-0.4, -0.2) is 74.5 Å². The number of hydrogen-bond acceptors (Lipinski definition) is 10. The summed E-state index contributed by atoms with van der Waals surface area (Å²) in [6.07, 6.45) is 15.0. The number of carboxylic acids is 2. The highest BCUT2D eigenvalue weighted by Crippen LogP contribution is 2.21. The number of allylic oxidation sites excluding steroid dienone is 7. The van der Waals surface area contributed by atoms with Crippen molar-refractivity contribution in [3.05, 3.63) is 73.4 Å². The molecule has 0 aromatic heterocycles. The van der Waals surface area contributed by atoms with Crippen LogP contribution in [0.1, 0.15) is 13.3 Å². The van der Waals surface area contributed by atoms with E-state index >= 15 is 0 Å². The molecule has 0 aromatic rings. The molecule has 0 fully saturated rings. The van der Waals surface area contributed by atoms with Crippen molar-refractivity contribution in [1.82, 2.24) is 0 Å². The van der Waals surface area contributed by atoms with E-state index in [0.717, 1.165) is 24.3 Å². The Balaban J connectivity index is -0.000000522. The highest BCUT2D eigenvalue weighted by molar-refractivity contribution is 5.91. The highest BCUT2D eigenvalue weighted by Gasteiger charge is 2.28. The van der Waals surface area contributed by atoms with E-state index in [1.807, 2.05) is 19.1 Å². The third kappa shape index (κ3) is 24.4. The van der Waals surface area contributed by atoms with Crippen molar-refractivity contribution in [3.63, 3.8) is 0 Å². The monoisotopic (exact) mass is 538 g/mol. The van der Waals surface area contributed by atoms with Gasteiger partial charge >= 0.3 is 35.8 Å². The second-order valence-corrected chi connectivity index (χ2v) is 6.41. The summed E-state index contributed by atoms with van der Waals surface area (Å²) in [6, 6.07) is 0. The molecular weight excluding hydrogens is 504 g/mol. The third-order valence-electron chi connectivity index (χ3n) is 3.84. The lowest BCUT2D eigenvalue weighted by Crippen LogP contribution is -2.26. The van der Waals surface area contributed by atoms with Crippen molar-refractivity contribution in [1.29, 1.82) is 0 Å². The smallest absolute Gasteiger partial charge is 0.330 e. The van der Waals surface area contributed by atoms with E-state index in [-0.39, 0.29) is 6.42 Å². The Morgan fingerprint density at radius 2 is 1.21 bits per heavy atom. The van der Waals surface area contributed by atoms with E-state index in [2.05, 4.69) is 25.5 Å². The Kier molecular flexibility index (Phi) is 25.2. The zero-order valence-corrected chi connectivity index (χ0v) is 21.9. The maximum absolute atomic E-state index is 11.5. The van der Waals surface area contributed by atoms with Gasteiger partial charge in [-0.1, -0.05) is 42.5 Å². The first-order valence-electron chi connectivity index (χ1n) is 10.6. The lowest BCUT2D eigenvalue weighted by molar-refractivity contribution is -0.152. The first kappa shape index (κ1) is 37.8. The Bertz CT molecular complexity index is 905. The van der Waals surface area contributed by atoms with Crippen LogP contribution < -0.4 is 0 Å². The molecule has 0 aliphatic rings. The van der Waals surface area contributed by atoms with Crippen molar-refractivity contribution < 1.29 is 57.9 Å². The molecule has 38 heavy (non-hydrogen) atoms. The Morgan fingerprint density at radius 3 is 1.58 bits per heavy atom. The van der Waals surface area contributed by atoms with Gasteiger partial charge in [-0.05, 0) is 6.92 Å². The van der Waals surface area contributed by atoms with Crippen LogP contribution in [0.25, 0.3) is 0 Å². The quantitative estimate of drug-likeness (QED) is 0.122. The summed E-state index contributed by atoms with van der Waals surface area (Å²) in [5.41, 5.74) is 0. The second-order valence-electron chi connectivity index (χ2n) is 6.41. The third-order valence-corrected chi connectivity index (χ3v) is 3.84. The average Bonchev–Trinajstić information content (AvgIpc) is 2.90. The van der Waals surface area contributed by atoms with Gasteiger partial charge < -0.3 is 29.2 Å². The van der Waals surface area contributed by atoms with E-state index in [1.54, 1.807) is 12.2 Å². The molecule has 2 atom stereocenters. The fourth-order valence-corrected chi connectivity index (χ4v) is 2.01. The number of rotatable bonds is 12. The lowest BCUT2D eigenvalue weighted by Gasteiger charge is -2.18. The number of esters is 4. The molecule has 0 aromatic carbocycles. The molecule has 0 amide bonds. The first-order chi connectivity index (χ1) is 17.9. The summed E-state index contributed by atoms with van der Waals surface area (Å²) in [6.45, 7) is 5.40. The van der Waals surface area contributed by atoms with Crippen molar-refractivity contribution in [3.8, 4) is 0 Å². The maximum atomic E-state index is 11.5. The van der Waals surface area contributed by atoms with Crippen molar-refractivity contribution >= 4 is 35.8 Å². The highest BCUT2D eigenvalue weighted by atomic mass is 16.5. The van der Waals surface area contributed by atoms with Crippen LogP contribution >= 0.6 is 0 Å². The number of aliphatic carboxylic acids is 2. The molecule has 0 saturated carbocycles. The van der Waals surface area contributed by atoms with Crippen molar-refractivity contribution in [2.24, 2.45) is 11.8 Å². The SMILES string of the molecule is C/C=C/C=C/C=C/C(=O)O.C=CC(/C=C/C(=O)O)C(CC(=O)OC)C(=O)OC.COC(=O)/C=C\C(=O)OC. The molecule has 12 heteroatoms. The molecule has 0 heterocycles. The molecule has 0 spiro atoms. The van der Waals surface area contributed by atoms with Crippen molar-refractivity contribution in [2.45, 2.75) is 13.3 Å². The predicted molar refractivity (Wildman–Crippen MR) is 137 cm³/mol. The van der Waals surface area contributed by atoms with Gasteiger partial charge in [0.1, 0.15) is 0 Å². The molecule has 0 aliphatic heterocycles. The van der Waals surface area contributed by atoms with Gasteiger partial charge in [0, 0.05) is 30.2 Å². The van der Waals surface area contributed by atoms with Crippen LogP contribution in [0.5, 0.6) is 0 Å². The standard InChI is InChI=1S/C12H16O6.C8H10O2.C6H8O4/c1-4-8(5-6-10(13)14)9(12(16)18-3)7-11(15)17-2;1-2-3-4-5-6-7-8(9)10;1-9-5(7)3-4-6(8)10-2/h4-6,8-9H,1,7H2,2-3H3,(H,13,14);2-7H,1H3,(H,9,10);3-4H,1-2H3/b6-5+;3-2+,5-4+,7-6+;4-3-. The number of carboxylic acid groups (broad SMARTS) is 2. The molecule has 0 saturated heterocycles. The van der Waals surface area contributed by atoms with Gasteiger partial charge in [0.2, 0.25) is 0 Å². The maximum Gasteiger partial charge on any atom is 0.330 e. The van der Waals surface area contributed by atoms with E-state index in [4.69, 9.17) is 10.2 Å². The minimum Gasteiger partial charge on any atom is -0.478 e. The van der Waals surface area contributed by atoms with Gasteiger partial charge in [-0.25, -0.2) is 19.2 Å². The Labute approximate surface area is 221 Å². The molecule has 210 valence electrons. The van der Waals surface area contributed by atoms with Crippen LogP contribution in [0.3, 0.4) is 0 Å². The summed E-state index contributed by atoms with van der Waals surface area (Å²) < 4.78 is 17.5. The van der Waals surface area contributed by atoms with Gasteiger partial charge in [-0.15, -0.1) is 6.58 Å². The zero-order valence-electron chi connectivity index (χ0n) is 21.9. The number of ether oxygens (including phenoxy) is 4. The summed E-state index contributed by atoms with van der Waals surface area (Å²) in [4.78, 5) is 63.7. The molecule has 0 aliphatic carbocycles. The zero-order chi connectivity index (χ0) is 29.9. The van der Waals surface area contributed by atoms with Gasteiger partial charge in [-0.3, -0.25) is 9.59 Å². The van der Waals surface area contributed by atoms with E-state index in [0.29, 0.717) is 0 Å². The second kappa shape index (κ2) is 25.4. The van der Waals surface area contributed by atoms with E-state index in [9.17, 15) is 28.8 Å². The number of methoxy groups -OCH3 is 4. The van der Waals surface area contributed by atoms with E-state index in [1.165, 1.54) is 46.7 Å². The van der Waals surface area contributed by atoms with Gasteiger partial charge in [-0.2, -0.15) is 0 Å². The summed E-state index contributed by atoms with van der Waals surface area (Å²) in [7, 11) is 4.84. The van der Waals surface area contributed by atoms with Crippen LogP contribution in [0.15, 0.2) is 73.4 Å². The van der Waals surface area contributed by atoms with Crippen LogP contribution in [-0.2, 0) is 47.7 Å². The minimum atomic E-state index is -1.15. The molecule has 2 unspecified atom stereocenters. The molecular formula is C26H34O12. The minimum absolute atomic E-state index is 0.205. The fraction of sp³-hybridized carbons (Fsp3) is 0.308. The van der Waals surface area contributed by atoms with Crippen LogP contribution in [0.4, 0.5) is 0 Å². The molecule has 0 radical (unpaired) electrons. The first-order valence-corrected chi connectivity index (χ1v) is 10.6. The van der Waals surface area contributed by atoms with Crippen LogP contribution in [0, 0.1) is 11.8 Å². The number of carbonyl (C=O) groups excluding carboxylic acids is 4. The van der Waals surface area contributed by atoms with Gasteiger partial charge in [0.25, 0.3) is 0 Å². The fourth-order valence-electron chi connectivity index (χ4n) is 2.01. The van der Waals surface area contributed by atoms with E-state index < -0.39 is 47.7 Å². The molecule has 0 bridgehead atoms. The summed E-state index contributed by atoms with van der Waals surface area (Å²) in [5.74, 6) is -5.91. The number of carbonyl (C=O) groups is 6. The van der Waals surface area contributed by atoms with Crippen LogP contribution in [0.2, 0.25) is 0 Å². The topological polar surface area (TPSA) is 180 Å². The normalized spacial score (nSPS) is 12.1. The number of hydrogen-bond donors (Lipinski definition) is 2. The predicted octanol–water partition coefficient (Wildman–Crippen LogP) is 2.43. The lowest BCUT2D eigenvalue weighted by atomic mass is 9.89. The molecule has 0 rings (SSSR count). The largest absolute Gasteiger partial charge is 0.478 e.